The number of anilines is 2. The minimum absolute atomic E-state index is 0.309. The fraction of sp³-hybridized carbons (Fsp3) is 0.250. The normalized spacial score (nSPS) is 11.8. The zero-order valence-corrected chi connectivity index (χ0v) is 25.0. The number of aryl methyl sites for hydroxylation is 4. The SMILES string of the molecule is CCc1ccc(CC)c(S(=O)(=O)Nc2ccc(-c3ccc(NS(=O)(=O)c4cc(CC)ccc4CC)cc3)cc2)c1. The maximum absolute atomic E-state index is 13.2. The van der Waals surface area contributed by atoms with Crippen molar-refractivity contribution in [2.24, 2.45) is 0 Å². The summed E-state index contributed by atoms with van der Waals surface area (Å²) < 4.78 is 58.1. The van der Waals surface area contributed by atoms with Crippen LogP contribution in [0.15, 0.2) is 94.7 Å². The molecule has 0 aliphatic carbocycles. The van der Waals surface area contributed by atoms with Gasteiger partial charge in [0.2, 0.25) is 0 Å². The lowest BCUT2D eigenvalue weighted by atomic mass is 10.1. The van der Waals surface area contributed by atoms with Gasteiger partial charge in [-0.1, -0.05) is 76.2 Å². The van der Waals surface area contributed by atoms with Crippen molar-refractivity contribution in [3.63, 3.8) is 0 Å². The largest absolute Gasteiger partial charge is 0.280 e. The van der Waals surface area contributed by atoms with E-state index in [0.717, 1.165) is 46.2 Å². The van der Waals surface area contributed by atoms with Crippen molar-refractivity contribution in [2.45, 2.75) is 63.2 Å². The fourth-order valence-corrected chi connectivity index (χ4v) is 7.44. The number of rotatable bonds is 11. The van der Waals surface area contributed by atoms with Crippen molar-refractivity contribution in [3.05, 3.63) is 107 Å². The molecule has 210 valence electrons. The van der Waals surface area contributed by atoms with Crippen molar-refractivity contribution in [3.8, 4) is 11.1 Å². The molecule has 0 atom stereocenters. The van der Waals surface area contributed by atoms with Crippen LogP contribution in [0.2, 0.25) is 0 Å². The van der Waals surface area contributed by atoms with Gasteiger partial charge in [-0.15, -0.1) is 0 Å². The van der Waals surface area contributed by atoms with Gasteiger partial charge >= 0.3 is 0 Å². The molecule has 0 saturated heterocycles. The number of nitrogens with one attached hydrogen (secondary N) is 2. The molecule has 4 aromatic carbocycles. The highest BCUT2D eigenvalue weighted by Crippen LogP contribution is 2.27. The van der Waals surface area contributed by atoms with E-state index in [0.29, 0.717) is 34.0 Å². The molecule has 0 aliphatic rings. The predicted molar refractivity (Wildman–Crippen MR) is 164 cm³/mol. The van der Waals surface area contributed by atoms with Gasteiger partial charge in [-0.3, -0.25) is 9.44 Å². The molecule has 40 heavy (non-hydrogen) atoms. The Labute approximate surface area is 238 Å². The molecular weight excluding hydrogens is 540 g/mol. The highest BCUT2D eigenvalue weighted by molar-refractivity contribution is 7.93. The van der Waals surface area contributed by atoms with E-state index in [2.05, 4.69) is 9.44 Å². The standard InChI is InChI=1S/C32H36N2O4S2/c1-5-23-9-11-25(7-3)31(21-23)39(35,36)33-29-17-13-27(14-18-29)28-15-19-30(20-16-28)34-40(37,38)32-22-24(6-2)10-12-26(32)8-4/h9-22,33-34H,5-8H2,1-4H3. The Bertz CT molecular complexity index is 1570. The third kappa shape index (κ3) is 6.57. The second kappa shape index (κ2) is 12.3. The van der Waals surface area contributed by atoms with E-state index >= 15 is 0 Å². The Balaban J connectivity index is 1.50. The van der Waals surface area contributed by atoms with Crippen LogP contribution < -0.4 is 9.44 Å². The second-order valence-electron chi connectivity index (χ2n) is 9.66. The van der Waals surface area contributed by atoms with E-state index in [4.69, 9.17) is 0 Å². The summed E-state index contributed by atoms with van der Waals surface area (Å²) in [5, 5.41) is 0. The molecule has 4 aromatic rings. The molecule has 0 unspecified atom stereocenters. The molecule has 0 saturated carbocycles. The van der Waals surface area contributed by atoms with Gasteiger partial charge in [0.25, 0.3) is 20.0 Å². The molecule has 4 rings (SSSR count). The molecule has 0 fully saturated rings. The van der Waals surface area contributed by atoms with Crippen molar-refractivity contribution in [1.29, 1.82) is 0 Å². The Morgan fingerprint density at radius 3 is 1.12 bits per heavy atom. The molecule has 0 aliphatic heterocycles. The summed E-state index contributed by atoms with van der Waals surface area (Å²) in [7, 11) is -7.47. The van der Waals surface area contributed by atoms with E-state index in [-0.39, 0.29) is 0 Å². The first-order chi connectivity index (χ1) is 19.1. The first-order valence-corrected chi connectivity index (χ1v) is 16.6. The summed E-state index contributed by atoms with van der Waals surface area (Å²) in [6.45, 7) is 7.88. The monoisotopic (exact) mass is 576 g/mol. The number of hydrogen-bond donors (Lipinski definition) is 2. The summed E-state index contributed by atoms with van der Waals surface area (Å²) in [4.78, 5) is 0.618. The first-order valence-electron chi connectivity index (χ1n) is 13.6. The lowest BCUT2D eigenvalue weighted by Crippen LogP contribution is -2.15. The quantitative estimate of drug-likeness (QED) is 0.197. The molecule has 0 radical (unpaired) electrons. The zero-order valence-electron chi connectivity index (χ0n) is 23.4. The Kier molecular flexibility index (Phi) is 9.01. The average molecular weight is 577 g/mol. The summed E-state index contributed by atoms with van der Waals surface area (Å²) >= 11 is 0. The topological polar surface area (TPSA) is 92.3 Å². The van der Waals surface area contributed by atoms with Crippen molar-refractivity contribution in [2.75, 3.05) is 9.44 Å². The van der Waals surface area contributed by atoms with E-state index in [1.165, 1.54) is 0 Å². The minimum Gasteiger partial charge on any atom is -0.280 e. The molecule has 6 nitrogen and oxygen atoms in total. The highest BCUT2D eigenvalue weighted by atomic mass is 32.2. The maximum atomic E-state index is 13.2. The Hall–Kier alpha value is -3.62. The summed E-state index contributed by atoms with van der Waals surface area (Å²) in [6.07, 6.45) is 2.76. The van der Waals surface area contributed by atoms with E-state index in [9.17, 15) is 16.8 Å². The summed E-state index contributed by atoms with van der Waals surface area (Å²) in [5.41, 5.74) is 6.20. The third-order valence-electron chi connectivity index (χ3n) is 7.03. The van der Waals surface area contributed by atoms with E-state index in [1.54, 1.807) is 36.4 Å². The Morgan fingerprint density at radius 1 is 0.475 bits per heavy atom. The number of benzene rings is 4. The molecule has 8 heteroatoms. The summed E-state index contributed by atoms with van der Waals surface area (Å²) in [6, 6.07) is 25.4. The first kappa shape index (κ1) is 29.4. The number of hydrogen-bond acceptors (Lipinski definition) is 4. The van der Waals surface area contributed by atoms with Crippen molar-refractivity contribution >= 4 is 31.4 Å². The average Bonchev–Trinajstić information content (AvgIpc) is 2.97. The van der Waals surface area contributed by atoms with Crippen LogP contribution >= 0.6 is 0 Å². The fourth-order valence-electron chi connectivity index (χ4n) is 4.60. The van der Waals surface area contributed by atoms with Gasteiger partial charge in [0, 0.05) is 11.4 Å². The molecule has 0 spiro atoms. The molecule has 0 heterocycles. The highest BCUT2D eigenvalue weighted by Gasteiger charge is 2.20. The third-order valence-corrected chi connectivity index (χ3v) is 9.96. The molecule has 2 N–H and O–H groups in total. The van der Waals surface area contributed by atoms with Crippen LogP contribution in [0.4, 0.5) is 11.4 Å². The lowest BCUT2D eigenvalue weighted by Gasteiger charge is -2.14. The van der Waals surface area contributed by atoms with Crippen molar-refractivity contribution in [1.82, 2.24) is 0 Å². The van der Waals surface area contributed by atoms with Gasteiger partial charge in [-0.2, -0.15) is 0 Å². The van der Waals surface area contributed by atoms with Crippen LogP contribution in [-0.2, 0) is 45.7 Å². The molecular formula is C32H36N2O4S2. The number of sulfonamides is 2. The van der Waals surface area contributed by atoms with Gasteiger partial charge in [-0.25, -0.2) is 16.8 Å². The van der Waals surface area contributed by atoms with Gasteiger partial charge in [0.05, 0.1) is 9.79 Å². The Morgan fingerprint density at radius 2 is 0.825 bits per heavy atom. The molecule has 0 bridgehead atoms. The smallest absolute Gasteiger partial charge is 0.262 e. The van der Waals surface area contributed by atoms with E-state index < -0.39 is 20.0 Å². The summed E-state index contributed by atoms with van der Waals surface area (Å²) in [5.74, 6) is 0. The van der Waals surface area contributed by atoms with Gasteiger partial charge < -0.3 is 0 Å². The van der Waals surface area contributed by atoms with Crippen LogP contribution in [0.3, 0.4) is 0 Å². The van der Waals surface area contributed by atoms with E-state index in [1.807, 2.05) is 76.2 Å². The second-order valence-corrected chi connectivity index (χ2v) is 13.0. The van der Waals surface area contributed by atoms with Crippen LogP contribution in [0.1, 0.15) is 49.9 Å². The van der Waals surface area contributed by atoms with Gasteiger partial charge in [0.15, 0.2) is 0 Å². The van der Waals surface area contributed by atoms with Gasteiger partial charge in [0.1, 0.15) is 0 Å². The minimum atomic E-state index is -3.74. The van der Waals surface area contributed by atoms with Crippen LogP contribution in [0, 0.1) is 0 Å². The van der Waals surface area contributed by atoms with Gasteiger partial charge in [-0.05, 0) is 95.5 Å². The van der Waals surface area contributed by atoms with Crippen molar-refractivity contribution < 1.29 is 16.8 Å². The van der Waals surface area contributed by atoms with Crippen LogP contribution in [0.5, 0.6) is 0 Å². The zero-order chi connectivity index (χ0) is 28.9. The predicted octanol–water partition coefficient (Wildman–Crippen LogP) is 7.20. The molecule has 0 amide bonds. The van der Waals surface area contributed by atoms with Crippen LogP contribution in [0.25, 0.3) is 11.1 Å². The molecule has 0 aromatic heterocycles. The van der Waals surface area contributed by atoms with Crippen LogP contribution in [-0.4, -0.2) is 16.8 Å². The lowest BCUT2D eigenvalue weighted by molar-refractivity contribution is 0.598. The maximum Gasteiger partial charge on any atom is 0.262 e.